The number of carboxylic acids is 5. The smallest absolute Gasteiger partial charge is 0.326 e. The number of nitrogens with one attached hydrogen (secondary N) is 5. The summed E-state index contributed by atoms with van der Waals surface area (Å²) in [5, 5.41) is 80.2. The van der Waals surface area contributed by atoms with Gasteiger partial charge in [0.15, 0.2) is 6.29 Å². The number of nitrogens with zero attached hydrogens (tertiary/aromatic N) is 4. The molecule has 0 spiro atoms. The molecule has 0 aliphatic carbocycles. The highest BCUT2D eigenvalue weighted by atomic mass is 16.5. The van der Waals surface area contributed by atoms with E-state index in [1.165, 1.54) is 12.1 Å². The first-order chi connectivity index (χ1) is 35.2. The van der Waals surface area contributed by atoms with Gasteiger partial charge in [0, 0.05) is 83.9 Å². The lowest BCUT2D eigenvalue weighted by Crippen LogP contribution is -2.51. The summed E-state index contributed by atoms with van der Waals surface area (Å²) < 4.78 is 0. The van der Waals surface area contributed by atoms with E-state index >= 15 is 0 Å². The molecular weight excluding hydrogens is 971 g/mol. The van der Waals surface area contributed by atoms with Gasteiger partial charge in [-0.2, -0.15) is 0 Å². The van der Waals surface area contributed by atoms with Crippen molar-refractivity contribution in [1.29, 1.82) is 0 Å². The Morgan fingerprint density at radius 2 is 0.986 bits per heavy atom. The van der Waals surface area contributed by atoms with Gasteiger partial charge in [-0.25, -0.2) is 14.4 Å². The van der Waals surface area contributed by atoms with Crippen LogP contribution in [0.15, 0.2) is 66.7 Å². The number of amides is 5. The van der Waals surface area contributed by atoms with Crippen LogP contribution in [0.3, 0.4) is 0 Å². The van der Waals surface area contributed by atoms with Gasteiger partial charge in [0.2, 0.25) is 11.8 Å². The number of urea groups is 1. The Balaban J connectivity index is 1.35. The van der Waals surface area contributed by atoms with Gasteiger partial charge in [0.25, 0.3) is 5.91 Å². The Morgan fingerprint density at radius 3 is 1.49 bits per heavy atom. The molecule has 74 heavy (non-hydrogen) atoms. The van der Waals surface area contributed by atoms with Crippen LogP contribution in [-0.4, -0.2) is 218 Å². The minimum atomic E-state index is -1.80. The first-order valence-electron chi connectivity index (χ1n) is 24.1. The van der Waals surface area contributed by atoms with Crippen molar-refractivity contribution in [3.8, 4) is 0 Å². The van der Waals surface area contributed by atoms with Crippen molar-refractivity contribution in [3.63, 3.8) is 0 Å². The zero-order chi connectivity index (χ0) is 54.2. The van der Waals surface area contributed by atoms with Crippen molar-refractivity contribution in [2.45, 2.75) is 69.5 Å². The number of aliphatic hydroxyl groups excluding tert-OH is 1. The van der Waals surface area contributed by atoms with Crippen LogP contribution in [0.2, 0.25) is 0 Å². The first kappa shape index (κ1) is 59.3. The molecule has 0 aromatic heterocycles. The standard InChI is InChI=1S/C49H67N9O16/c59-40(28-55-17-19-56(29-42(62)63)21-23-58(31-44(66)67)24-22-57(20-18-55)30-43(64)65)51-27-32-8-12-35(13-9-32)45(68)52-39(26-33-10-11-34-5-1-2-6-36(34)25-33)46(69)50-16-4-3-7-37(47(70)71)53-49(74)54-38(48(72)73)14-15-41(60)61/h1-2,5-6,8-13,25,37-39,41,60-61H,3-4,7,14-24,26-31H2,(H,50,69)(H,51,59)(H,52,68)(H,62,63)(H,64,65)(H,66,67)(H,70,71)(H,72,73)(H2,53,54,74)/t37-,38-,39-/m0/s1. The molecule has 1 aliphatic heterocycles. The SMILES string of the molecule is O=C(O)CN1CCN(CC(=O)O)CCN(CC(=O)NCc2ccc(C(=O)N[C@@H](Cc3ccc4ccccc4c3)C(=O)NCCCC[C@H](NC(=O)N[C@@H](CCC(O)O)C(=O)O)C(=O)O)cc2)CCN(CC(=O)O)CC1. The van der Waals surface area contributed by atoms with Crippen LogP contribution in [0.4, 0.5) is 4.79 Å². The quantitative estimate of drug-likeness (QED) is 0.0317. The predicted octanol–water partition coefficient (Wildman–Crippen LogP) is -1.14. The van der Waals surface area contributed by atoms with Gasteiger partial charge in [-0.15, -0.1) is 0 Å². The molecule has 3 atom stereocenters. The van der Waals surface area contributed by atoms with Gasteiger partial charge in [-0.05, 0) is 59.7 Å². The molecule has 0 radical (unpaired) electrons. The van der Waals surface area contributed by atoms with Crippen LogP contribution in [0, 0.1) is 0 Å². The lowest BCUT2D eigenvalue weighted by atomic mass is 10.0. The molecule has 4 rings (SSSR count). The largest absolute Gasteiger partial charge is 0.480 e. The Morgan fingerprint density at radius 1 is 0.500 bits per heavy atom. The number of carbonyl (C=O) groups excluding carboxylic acids is 4. The highest BCUT2D eigenvalue weighted by molar-refractivity contribution is 5.98. The molecule has 25 heteroatoms. The van der Waals surface area contributed by atoms with Gasteiger partial charge < -0.3 is 62.3 Å². The van der Waals surface area contributed by atoms with Crippen molar-refractivity contribution in [2.24, 2.45) is 0 Å². The van der Waals surface area contributed by atoms with Gasteiger partial charge in [-0.1, -0.05) is 54.6 Å². The predicted molar refractivity (Wildman–Crippen MR) is 265 cm³/mol. The highest BCUT2D eigenvalue weighted by Gasteiger charge is 2.27. The van der Waals surface area contributed by atoms with Crippen molar-refractivity contribution in [2.75, 3.05) is 85.1 Å². The average Bonchev–Trinajstić information content (AvgIpc) is 3.34. The summed E-state index contributed by atoms with van der Waals surface area (Å²) in [5.41, 5.74) is 1.62. The van der Waals surface area contributed by atoms with Gasteiger partial charge in [-0.3, -0.25) is 48.4 Å². The van der Waals surface area contributed by atoms with E-state index in [4.69, 9.17) is 10.2 Å². The number of hydrogen-bond acceptors (Lipinski definition) is 15. The number of carboxylic acid groups (broad SMARTS) is 5. The molecule has 0 bridgehead atoms. The van der Waals surface area contributed by atoms with E-state index in [1.54, 1.807) is 31.7 Å². The van der Waals surface area contributed by atoms with Crippen molar-refractivity contribution in [3.05, 3.63) is 83.4 Å². The Bertz CT molecular complexity index is 2360. The summed E-state index contributed by atoms with van der Waals surface area (Å²) in [6, 6.07) is 14.6. The van der Waals surface area contributed by atoms with E-state index in [2.05, 4.69) is 26.6 Å². The summed E-state index contributed by atoms with van der Waals surface area (Å²) in [6.07, 6.45) is -1.95. The maximum atomic E-state index is 13.7. The fourth-order valence-electron chi connectivity index (χ4n) is 8.07. The molecule has 1 heterocycles. The lowest BCUT2D eigenvalue weighted by Gasteiger charge is -2.32. The van der Waals surface area contributed by atoms with Crippen LogP contribution in [0.25, 0.3) is 10.8 Å². The molecule has 1 fully saturated rings. The number of carbonyl (C=O) groups is 9. The monoisotopic (exact) mass is 1040 g/mol. The van der Waals surface area contributed by atoms with Crippen LogP contribution < -0.4 is 26.6 Å². The maximum absolute atomic E-state index is 13.7. The van der Waals surface area contributed by atoms with E-state index in [-0.39, 0.29) is 142 Å². The Labute approximate surface area is 426 Å². The molecule has 25 nitrogen and oxygen atoms in total. The maximum Gasteiger partial charge on any atom is 0.326 e. The Kier molecular flexibility index (Phi) is 24.6. The zero-order valence-electron chi connectivity index (χ0n) is 40.9. The molecule has 0 unspecified atom stereocenters. The van der Waals surface area contributed by atoms with Crippen LogP contribution >= 0.6 is 0 Å². The van der Waals surface area contributed by atoms with E-state index in [0.29, 0.717) is 5.56 Å². The van der Waals surface area contributed by atoms with Crippen LogP contribution in [0.5, 0.6) is 0 Å². The third kappa shape index (κ3) is 22.2. The topological polar surface area (TPSA) is 368 Å². The summed E-state index contributed by atoms with van der Waals surface area (Å²) in [6.45, 7) is 1.12. The molecule has 1 saturated heterocycles. The number of aliphatic carboxylic acids is 5. The molecule has 5 amide bonds. The number of benzene rings is 3. The zero-order valence-corrected chi connectivity index (χ0v) is 40.9. The summed E-state index contributed by atoms with van der Waals surface area (Å²) in [5.74, 6) is -7.48. The molecular formula is C49H67N9O16. The van der Waals surface area contributed by atoms with E-state index in [9.17, 15) is 68.7 Å². The molecule has 3 aromatic carbocycles. The fraction of sp³-hybridized carbons (Fsp3) is 0.490. The van der Waals surface area contributed by atoms with Crippen molar-refractivity contribution >= 4 is 64.4 Å². The second-order valence-electron chi connectivity index (χ2n) is 17.9. The second-order valence-corrected chi connectivity index (χ2v) is 17.9. The summed E-state index contributed by atoms with van der Waals surface area (Å²) >= 11 is 0. The van der Waals surface area contributed by atoms with Gasteiger partial charge in [0.05, 0.1) is 26.2 Å². The number of aliphatic hydroxyl groups is 2. The number of fused-ring (bicyclic) bond motifs is 1. The normalized spacial score (nSPS) is 15.6. The van der Waals surface area contributed by atoms with E-state index in [0.717, 1.165) is 16.3 Å². The highest BCUT2D eigenvalue weighted by Crippen LogP contribution is 2.17. The van der Waals surface area contributed by atoms with E-state index < -0.39 is 72.1 Å². The van der Waals surface area contributed by atoms with Gasteiger partial charge >= 0.3 is 35.9 Å². The fourth-order valence-corrected chi connectivity index (χ4v) is 8.07. The second kappa shape index (κ2) is 30.7. The van der Waals surface area contributed by atoms with Crippen LogP contribution in [0.1, 0.15) is 53.6 Å². The Hall–Kier alpha value is -7.29. The number of hydrogen-bond donors (Lipinski definition) is 12. The third-order valence-corrected chi connectivity index (χ3v) is 12.1. The summed E-state index contributed by atoms with van der Waals surface area (Å²) in [4.78, 5) is 118. The van der Waals surface area contributed by atoms with Crippen LogP contribution in [-0.2, 0) is 46.5 Å². The number of unbranched alkanes of at least 4 members (excludes halogenated alkanes) is 1. The minimum absolute atomic E-state index is 0.0750. The van der Waals surface area contributed by atoms with E-state index in [1.807, 2.05) is 42.5 Å². The molecule has 0 saturated carbocycles. The number of rotatable bonds is 27. The molecule has 404 valence electrons. The average molecular weight is 1040 g/mol. The molecule has 1 aliphatic rings. The molecule has 3 aromatic rings. The third-order valence-electron chi connectivity index (χ3n) is 12.1. The molecule has 12 N–H and O–H groups in total. The minimum Gasteiger partial charge on any atom is -0.480 e. The van der Waals surface area contributed by atoms with Gasteiger partial charge in [0.1, 0.15) is 18.1 Å². The first-order valence-corrected chi connectivity index (χ1v) is 24.1. The summed E-state index contributed by atoms with van der Waals surface area (Å²) in [7, 11) is 0. The van der Waals surface area contributed by atoms with Crippen molar-refractivity contribution in [1.82, 2.24) is 46.2 Å². The van der Waals surface area contributed by atoms with Crippen molar-refractivity contribution < 1.29 is 78.9 Å². The lowest BCUT2D eigenvalue weighted by molar-refractivity contribution is -0.140.